The minimum Gasteiger partial charge on any atom is -0.339 e. The number of aromatic nitrogens is 4. The summed E-state index contributed by atoms with van der Waals surface area (Å²) in [7, 11) is 0. The molecule has 0 aliphatic heterocycles. The first-order valence-electron chi connectivity index (χ1n) is 6.55. The Morgan fingerprint density at radius 1 is 1.20 bits per heavy atom. The molecule has 0 saturated heterocycles. The number of H-pyrrole nitrogens is 1. The van der Waals surface area contributed by atoms with E-state index in [1.807, 2.05) is 31.2 Å². The van der Waals surface area contributed by atoms with Gasteiger partial charge in [0.25, 0.3) is 5.56 Å². The number of hydrogen-bond acceptors (Lipinski definition) is 5. The van der Waals surface area contributed by atoms with Crippen LogP contribution in [0, 0.1) is 0 Å². The average Bonchev–Trinajstić information content (AvgIpc) is 2.93. The zero-order valence-corrected chi connectivity index (χ0v) is 11.1. The van der Waals surface area contributed by atoms with E-state index >= 15 is 0 Å². The van der Waals surface area contributed by atoms with E-state index in [0.717, 1.165) is 17.5 Å². The second-order valence-electron chi connectivity index (χ2n) is 4.49. The van der Waals surface area contributed by atoms with E-state index in [2.05, 4.69) is 20.1 Å². The number of fused-ring (bicyclic) bond motifs is 1. The smallest absolute Gasteiger partial charge is 0.270 e. The van der Waals surface area contributed by atoms with Gasteiger partial charge in [-0.3, -0.25) is 4.79 Å². The van der Waals surface area contributed by atoms with Crippen LogP contribution in [0.15, 0.2) is 33.6 Å². The maximum absolute atomic E-state index is 11.9. The highest BCUT2D eigenvalue weighted by atomic mass is 16.5. The molecular formula is C14H14N4O2. The van der Waals surface area contributed by atoms with Gasteiger partial charge >= 0.3 is 0 Å². The maximum atomic E-state index is 11.9. The van der Waals surface area contributed by atoms with Crippen LogP contribution in [0.2, 0.25) is 0 Å². The molecule has 6 nitrogen and oxygen atoms in total. The fourth-order valence-electron chi connectivity index (χ4n) is 2.00. The SMILES string of the molecule is CCc1noc(CCc2nc3ccccc3[nH]c2=O)n1. The molecule has 20 heavy (non-hydrogen) atoms. The fraction of sp³-hybridized carbons (Fsp3) is 0.286. The Morgan fingerprint density at radius 3 is 2.85 bits per heavy atom. The highest BCUT2D eigenvalue weighted by molar-refractivity contribution is 5.73. The number of rotatable bonds is 4. The maximum Gasteiger partial charge on any atom is 0.270 e. The van der Waals surface area contributed by atoms with Crippen LogP contribution in [-0.2, 0) is 19.3 Å². The zero-order chi connectivity index (χ0) is 13.9. The van der Waals surface area contributed by atoms with Crippen molar-refractivity contribution in [2.75, 3.05) is 0 Å². The van der Waals surface area contributed by atoms with Crippen LogP contribution < -0.4 is 5.56 Å². The summed E-state index contributed by atoms with van der Waals surface area (Å²) in [5.41, 5.74) is 1.84. The van der Waals surface area contributed by atoms with E-state index in [-0.39, 0.29) is 5.56 Å². The molecule has 0 spiro atoms. The lowest BCUT2D eigenvalue weighted by atomic mass is 10.2. The van der Waals surface area contributed by atoms with Crippen molar-refractivity contribution in [1.82, 2.24) is 20.1 Å². The standard InChI is InChI=1S/C14H14N4O2/c1-2-12-17-13(20-18-12)8-7-11-14(19)16-10-6-4-3-5-9(10)15-11/h3-6H,2,7-8H2,1H3,(H,16,19). The Kier molecular flexibility index (Phi) is 3.28. The third-order valence-corrected chi connectivity index (χ3v) is 3.07. The summed E-state index contributed by atoms with van der Waals surface area (Å²) < 4.78 is 5.10. The molecule has 0 fully saturated rings. The van der Waals surface area contributed by atoms with Gasteiger partial charge in [-0.2, -0.15) is 4.98 Å². The minimum absolute atomic E-state index is 0.168. The first kappa shape index (κ1) is 12.5. The zero-order valence-electron chi connectivity index (χ0n) is 11.1. The van der Waals surface area contributed by atoms with E-state index in [4.69, 9.17) is 4.52 Å². The number of hydrogen-bond donors (Lipinski definition) is 1. The molecular weight excluding hydrogens is 256 g/mol. The number of nitrogens with one attached hydrogen (secondary N) is 1. The van der Waals surface area contributed by atoms with Gasteiger partial charge in [0.1, 0.15) is 5.69 Å². The number of benzene rings is 1. The van der Waals surface area contributed by atoms with Crippen LogP contribution in [0.25, 0.3) is 11.0 Å². The molecule has 2 heterocycles. The highest BCUT2D eigenvalue weighted by Crippen LogP contribution is 2.07. The van der Waals surface area contributed by atoms with Crippen molar-refractivity contribution >= 4 is 11.0 Å². The quantitative estimate of drug-likeness (QED) is 0.779. The van der Waals surface area contributed by atoms with Gasteiger partial charge in [-0.25, -0.2) is 4.98 Å². The number of para-hydroxylation sites is 2. The van der Waals surface area contributed by atoms with E-state index in [1.165, 1.54) is 0 Å². The Morgan fingerprint density at radius 2 is 2.05 bits per heavy atom. The fourth-order valence-corrected chi connectivity index (χ4v) is 2.00. The van der Waals surface area contributed by atoms with Crippen LogP contribution >= 0.6 is 0 Å². The normalized spacial score (nSPS) is 11.1. The number of aryl methyl sites for hydroxylation is 3. The monoisotopic (exact) mass is 270 g/mol. The first-order chi connectivity index (χ1) is 9.76. The highest BCUT2D eigenvalue weighted by Gasteiger charge is 2.09. The van der Waals surface area contributed by atoms with Crippen molar-refractivity contribution in [3.63, 3.8) is 0 Å². The van der Waals surface area contributed by atoms with Gasteiger partial charge < -0.3 is 9.51 Å². The second-order valence-corrected chi connectivity index (χ2v) is 4.49. The molecule has 1 aromatic carbocycles. The molecule has 0 amide bonds. The van der Waals surface area contributed by atoms with Crippen LogP contribution in [-0.4, -0.2) is 20.1 Å². The van der Waals surface area contributed by atoms with Crippen molar-refractivity contribution in [3.8, 4) is 0 Å². The Bertz CT molecular complexity index is 791. The lowest BCUT2D eigenvalue weighted by Gasteiger charge is -2.00. The molecule has 0 atom stereocenters. The molecule has 1 N–H and O–H groups in total. The topological polar surface area (TPSA) is 84.7 Å². The van der Waals surface area contributed by atoms with Gasteiger partial charge in [0.05, 0.1) is 11.0 Å². The molecule has 0 radical (unpaired) electrons. The van der Waals surface area contributed by atoms with Gasteiger partial charge in [0.2, 0.25) is 5.89 Å². The van der Waals surface area contributed by atoms with Crippen molar-refractivity contribution in [2.45, 2.75) is 26.2 Å². The third kappa shape index (κ3) is 2.45. The number of aromatic amines is 1. The lowest BCUT2D eigenvalue weighted by Crippen LogP contribution is -2.16. The summed E-state index contributed by atoms with van der Waals surface area (Å²) in [6, 6.07) is 7.46. The van der Waals surface area contributed by atoms with Gasteiger partial charge in [0.15, 0.2) is 5.82 Å². The summed E-state index contributed by atoms with van der Waals surface area (Å²) in [5, 5.41) is 3.83. The summed E-state index contributed by atoms with van der Waals surface area (Å²) >= 11 is 0. The molecule has 2 aromatic heterocycles. The summed E-state index contributed by atoms with van der Waals surface area (Å²) in [4.78, 5) is 23.4. The minimum atomic E-state index is -0.168. The molecule has 102 valence electrons. The molecule has 3 aromatic rings. The van der Waals surface area contributed by atoms with Crippen molar-refractivity contribution in [2.24, 2.45) is 0 Å². The Balaban J connectivity index is 1.83. The van der Waals surface area contributed by atoms with Gasteiger partial charge in [-0.15, -0.1) is 0 Å². The van der Waals surface area contributed by atoms with Crippen LogP contribution in [0.1, 0.15) is 24.3 Å². The third-order valence-electron chi connectivity index (χ3n) is 3.07. The molecule has 6 heteroatoms. The van der Waals surface area contributed by atoms with Gasteiger partial charge in [0, 0.05) is 19.3 Å². The first-order valence-corrected chi connectivity index (χ1v) is 6.55. The van der Waals surface area contributed by atoms with E-state index in [1.54, 1.807) is 0 Å². The molecule has 0 saturated carbocycles. The summed E-state index contributed by atoms with van der Waals surface area (Å²) in [6.45, 7) is 1.96. The summed E-state index contributed by atoms with van der Waals surface area (Å²) in [6.07, 6.45) is 1.73. The largest absolute Gasteiger partial charge is 0.339 e. The molecule has 0 bridgehead atoms. The van der Waals surface area contributed by atoms with E-state index < -0.39 is 0 Å². The summed E-state index contributed by atoms with van der Waals surface area (Å²) in [5.74, 6) is 1.22. The van der Waals surface area contributed by atoms with Crippen LogP contribution in [0.5, 0.6) is 0 Å². The van der Waals surface area contributed by atoms with E-state index in [0.29, 0.717) is 30.3 Å². The average molecular weight is 270 g/mol. The van der Waals surface area contributed by atoms with Gasteiger partial charge in [-0.1, -0.05) is 24.2 Å². The van der Waals surface area contributed by atoms with Crippen molar-refractivity contribution in [1.29, 1.82) is 0 Å². The molecule has 3 rings (SSSR count). The predicted molar refractivity (Wildman–Crippen MR) is 73.4 cm³/mol. The van der Waals surface area contributed by atoms with Crippen molar-refractivity contribution in [3.05, 3.63) is 52.0 Å². The van der Waals surface area contributed by atoms with Gasteiger partial charge in [-0.05, 0) is 12.1 Å². The van der Waals surface area contributed by atoms with Crippen LogP contribution in [0.4, 0.5) is 0 Å². The van der Waals surface area contributed by atoms with Crippen molar-refractivity contribution < 1.29 is 4.52 Å². The molecule has 0 aliphatic carbocycles. The van der Waals surface area contributed by atoms with Crippen LogP contribution in [0.3, 0.4) is 0 Å². The molecule has 0 aliphatic rings. The number of nitrogens with zero attached hydrogens (tertiary/aromatic N) is 3. The lowest BCUT2D eigenvalue weighted by molar-refractivity contribution is 0.373. The Hall–Kier alpha value is -2.50. The molecule has 0 unspecified atom stereocenters. The van der Waals surface area contributed by atoms with E-state index in [9.17, 15) is 4.79 Å². The predicted octanol–water partition coefficient (Wildman–Crippen LogP) is 1.65. The Labute approximate surface area is 114 Å². The second kappa shape index (κ2) is 5.24.